The molecule has 2 aliphatic rings. The highest BCUT2D eigenvalue weighted by molar-refractivity contribution is 5.80. The van der Waals surface area contributed by atoms with Gasteiger partial charge in [0.15, 0.2) is 5.52 Å². The first-order valence-electron chi connectivity index (χ1n) is 11.6. The Kier molecular flexibility index (Phi) is 5.95. The van der Waals surface area contributed by atoms with E-state index < -0.39 is 5.60 Å². The van der Waals surface area contributed by atoms with Gasteiger partial charge in [-0.1, -0.05) is 30.3 Å². The molecule has 2 fully saturated rings. The second-order valence-electron chi connectivity index (χ2n) is 9.21. The highest BCUT2D eigenvalue weighted by atomic mass is 16.3. The van der Waals surface area contributed by atoms with Gasteiger partial charge in [-0.15, -0.1) is 0 Å². The lowest BCUT2D eigenvalue weighted by Crippen LogP contribution is -2.52. The standard InChI is InChI=1S/C25H29N5O3/c31-23(19-8-12-26-15-20(19)18-5-2-1-3-6-18)29-13-9-25(33,10-14-29)16-30-17-28-21-7-4-11-27-22(21)24(30)32/h1-7,11,17,19-20,26,33H,8-10,12-16H2/t19-,20+/m0/s1. The summed E-state index contributed by atoms with van der Waals surface area (Å²) < 4.78 is 1.44. The van der Waals surface area contributed by atoms with Crippen molar-refractivity contribution < 1.29 is 9.90 Å². The number of pyridine rings is 1. The van der Waals surface area contributed by atoms with Crippen molar-refractivity contribution in [2.75, 3.05) is 26.2 Å². The van der Waals surface area contributed by atoms with Gasteiger partial charge in [0.1, 0.15) is 0 Å². The van der Waals surface area contributed by atoms with Gasteiger partial charge < -0.3 is 15.3 Å². The first kappa shape index (κ1) is 21.7. The molecule has 2 aliphatic heterocycles. The molecule has 4 heterocycles. The summed E-state index contributed by atoms with van der Waals surface area (Å²) in [6.07, 6.45) is 4.70. The van der Waals surface area contributed by atoms with Gasteiger partial charge in [0.2, 0.25) is 5.91 Å². The molecular formula is C25H29N5O3. The third kappa shape index (κ3) is 4.41. The van der Waals surface area contributed by atoms with Gasteiger partial charge in [-0.05, 0) is 43.5 Å². The topological polar surface area (TPSA) is 100 Å². The van der Waals surface area contributed by atoms with E-state index in [2.05, 4.69) is 27.4 Å². The quantitative estimate of drug-likeness (QED) is 0.629. The van der Waals surface area contributed by atoms with Crippen LogP contribution in [0.5, 0.6) is 0 Å². The lowest BCUT2D eigenvalue weighted by atomic mass is 9.80. The lowest BCUT2D eigenvalue weighted by Gasteiger charge is -2.41. The molecule has 5 rings (SSSR count). The van der Waals surface area contributed by atoms with Crippen LogP contribution in [0.2, 0.25) is 0 Å². The molecule has 172 valence electrons. The van der Waals surface area contributed by atoms with Crippen molar-refractivity contribution in [3.63, 3.8) is 0 Å². The number of piperidine rings is 2. The van der Waals surface area contributed by atoms with Crippen LogP contribution in [0.1, 0.15) is 30.7 Å². The predicted molar refractivity (Wildman–Crippen MR) is 125 cm³/mol. The Bertz CT molecular complexity index is 1190. The van der Waals surface area contributed by atoms with Crippen LogP contribution in [0.25, 0.3) is 11.0 Å². The number of carbonyl (C=O) groups is 1. The first-order valence-corrected chi connectivity index (χ1v) is 11.6. The van der Waals surface area contributed by atoms with Crippen LogP contribution in [0.3, 0.4) is 0 Å². The van der Waals surface area contributed by atoms with Gasteiger partial charge in [-0.3, -0.25) is 14.2 Å². The molecule has 2 atom stereocenters. The number of hydrogen-bond donors (Lipinski definition) is 2. The number of fused-ring (bicyclic) bond motifs is 1. The molecule has 0 saturated carbocycles. The van der Waals surface area contributed by atoms with E-state index >= 15 is 0 Å². The van der Waals surface area contributed by atoms with Gasteiger partial charge in [-0.2, -0.15) is 0 Å². The molecular weight excluding hydrogens is 418 g/mol. The van der Waals surface area contributed by atoms with Crippen LogP contribution in [-0.4, -0.2) is 62.2 Å². The average Bonchev–Trinajstić information content (AvgIpc) is 2.86. The highest BCUT2D eigenvalue weighted by Gasteiger charge is 2.39. The van der Waals surface area contributed by atoms with Gasteiger partial charge in [0.05, 0.1) is 24.0 Å². The molecule has 3 aromatic rings. The molecule has 2 aromatic heterocycles. The van der Waals surface area contributed by atoms with Crippen molar-refractivity contribution in [3.8, 4) is 0 Å². The summed E-state index contributed by atoms with van der Waals surface area (Å²) in [6, 6.07) is 13.7. The summed E-state index contributed by atoms with van der Waals surface area (Å²) in [5.74, 6) is 0.266. The Balaban J connectivity index is 1.27. The molecule has 8 heteroatoms. The Morgan fingerprint density at radius 1 is 1.12 bits per heavy atom. The van der Waals surface area contributed by atoms with Crippen molar-refractivity contribution in [2.24, 2.45) is 5.92 Å². The first-order chi connectivity index (χ1) is 16.0. The fourth-order valence-electron chi connectivity index (χ4n) is 5.16. The zero-order valence-corrected chi connectivity index (χ0v) is 18.6. The molecule has 33 heavy (non-hydrogen) atoms. The second kappa shape index (κ2) is 9.03. The van der Waals surface area contributed by atoms with E-state index in [9.17, 15) is 14.7 Å². The maximum atomic E-state index is 13.4. The van der Waals surface area contributed by atoms with E-state index in [0.717, 1.165) is 19.5 Å². The Morgan fingerprint density at radius 3 is 2.70 bits per heavy atom. The molecule has 0 aliphatic carbocycles. The van der Waals surface area contributed by atoms with E-state index in [1.54, 1.807) is 18.3 Å². The number of aliphatic hydroxyl groups is 1. The summed E-state index contributed by atoms with van der Waals surface area (Å²) in [5.41, 5.74) is 0.717. The number of rotatable bonds is 4. The largest absolute Gasteiger partial charge is 0.388 e. The smallest absolute Gasteiger partial charge is 0.279 e. The SMILES string of the molecule is O=C([C@H]1CCNC[C@@H]1c1ccccc1)N1CCC(O)(Cn2cnc3cccnc3c2=O)CC1. The van der Waals surface area contributed by atoms with E-state index in [1.165, 1.54) is 16.5 Å². The number of benzene rings is 1. The number of hydrogen-bond acceptors (Lipinski definition) is 6. The Morgan fingerprint density at radius 2 is 1.91 bits per heavy atom. The molecule has 1 amide bonds. The van der Waals surface area contributed by atoms with Crippen LogP contribution < -0.4 is 10.9 Å². The monoisotopic (exact) mass is 447 g/mol. The predicted octanol–water partition coefficient (Wildman–Crippen LogP) is 1.54. The van der Waals surface area contributed by atoms with Crippen molar-refractivity contribution in [1.29, 1.82) is 0 Å². The number of nitrogens with zero attached hydrogens (tertiary/aromatic N) is 4. The van der Waals surface area contributed by atoms with E-state index in [4.69, 9.17) is 0 Å². The highest BCUT2D eigenvalue weighted by Crippen LogP contribution is 2.33. The zero-order chi connectivity index (χ0) is 22.8. The summed E-state index contributed by atoms with van der Waals surface area (Å²) in [5, 5.41) is 14.6. The minimum Gasteiger partial charge on any atom is -0.388 e. The molecule has 2 N–H and O–H groups in total. The maximum absolute atomic E-state index is 13.4. The fraction of sp³-hybridized carbons (Fsp3) is 0.440. The van der Waals surface area contributed by atoms with Crippen LogP contribution in [-0.2, 0) is 11.3 Å². The van der Waals surface area contributed by atoms with Crippen molar-refractivity contribution >= 4 is 16.9 Å². The van der Waals surface area contributed by atoms with E-state index in [0.29, 0.717) is 37.0 Å². The Labute approximate surface area is 192 Å². The van der Waals surface area contributed by atoms with Gasteiger partial charge in [-0.25, -0.2) is 9.97 Å². The minimum atomic E-state index is -1.06. The number of nitrogens with one attached hydrogen (secondary N) is 1. The molecule has 0 bridgehead atoms. The van der Waals surface area contributed by atoms with Crippen molar-refractivity contribution in [3.05, 3.63) is 70.9 Å². The third-order valence-corrected chi connectivity index (χ3v) is 7.08. The zero-order valence-electron chi connectivity index (χ0n) is 18.6. The Hall–Kier alpha value is -3.10. The van der Waals surface area contributed by atoms with Crippen LogP contribution in [0.4, 0.5) is 0 Å². The van der Waals surface area contributed by atoms with Crippen molar-refractivity contribution in [2.45, 2.75) is 37.3 Å². The fourth-order valence-corrected chi connectivity index (χ4v) is 5.16. The minimum absolute atomic E-state index is 0.0572. The van der Waals surface area contributed by atoms with Gasteiger partial charge >= 0.3 is 0 Å². The number of carbonyl (C=O) groups excluding carboxylic acids is 1. The molecule has 1 aromatic carbocycles. The van der Waals surface area contributed by atoms with Crippen LogP contribution in [0, 0.1) is 5.92 Å². The molecule has 2 saturated heterocycles. The number of likely N-dealkylation sites (tertiary alicyclic amines) is 1. The normalized spacial score (nSPS) is 22.9. The number of aromatic nitrogens is 3. The summed E-state index contributed by atoms with van der Waals surface area (Å²) in [6.45, 7) is 2.74. The van der Waals surface area contributed by atoms with E-state index in [1.807, 2.05) is 23.1 Å². The van der Waals surface area contributed by atoms with E-state index in [-0.39, 0.29) is 29.8 Å². The summed E-state index contributed by atoms with van der Waals surface area (Å²) >= 11 is 0. The van der Waals surface area contributed by atoms with Crippen LogP contribution >= 0.6 is 0 Å². The molecule has 8 nitrogen and oxygen atoms in total. The maximum Gasteiger partial charge on any atom is 0.279 e. The summed E-state index contributed by atoms with van der Waals surface area (Å²) in [4.78, 5) is 36.6. The summed E-state index contributed by atoms with van der Waals surface area (Å²) in [7, 11) is 0. The second-order valence-corrected chi connectivity index (χ2v) is 9.21. The van der Waals surface area contributed by atoms with Gasteiger partial charge in [0.25, 0.3) is 5.56 Å². The average molecular weight is 448 g/mol. The van der Waals surface area contributed by atoms with Crippen LogP contribution in [0.15, 0.2) is 59.8 Å². The molecule has 0 unspecified atom stereocenters. The number of amides is 1. The molecule has 0 radical (unpaired) electrons. The van der Waals surface area contributed by atoms with Gasteiger partial charge in [0, 0.05) is 37.7 Å². The van der Waals surface area contributed by atoms with Crippen molar-refractivity contribution in [1.82, 2.24) is 24.8 Å². The third-order valence-electron chi connectivity index (χ3n) is 7.08. The molecule has 0 spiro atoms. The lowest BCUT2D eigenvalue weighted by molar-refractivity contribution is -0.141.